The second-order valence-corrected chi connectivity index (χ2v) is 5.30. The SMILES string of the molecule is NC(CNC(=O)c1cccc2occc12)Cc1ccccc1. The van der Waals surface area contributed by atoms with Crippen LogP contribution in [0.15, 0.2) is 65.3 Å². The van der Waals surface area contributed by atoms with Crippen molar-refractivity contribution in [2.24, 2.45) is 5.73 Å². The maximum Gasteiger partial charge on any atom is 0.252 e. The lowest BCUT2D eigenvalue weighted by molar-refractivity contribution is 0.0952. The fourth-order valence-corrected chi connectivity index (χ4v) is 2.50. The van der Waals surface area contributed by atoms with E-state index in [1.807, 2.05) is 42.5 Å². The van der Waals surface area contributed by atoms with Crippen molar-refractivity contribution in [3.05, 3.63) is 72.0 Å². The summed E-state index contributed by atoms with van der Waals surface area (Å²) in [5.74, 6) is -0.129. The standard InChI is InChI=1S/C18H18N2O2/c19-14(11-13-5-2-1-3-6-13)12-20-18(21)16-7-4-8-17-15(16)9-10-22-17/h1-10,14H,11-12,19H2,(H,20,21). The van der Waals surface area contributed by atoms with Crippen LogP contribution in [-0.4, -0.2) is 18.5 Å². The van der Waals surface area contributed by atoms with Crippen LogP contribution in [0.5, 0.6) is 0 Å². The first kappa shape index (κ1) is 14.4. The van der Waals surface area contributed by atoms with Crippen molar-refractivity contribution >= 4 is 16.9 Å². The molecule has 3 aromatic rings. The molecule has 1 atom stereocenters. The lowest BCUT2D eigenvalue weighted by atomic mass is 10.1. The van der Waals surface area contributed by atoms with Crippen molar-refractivity contribution in [1.82, 2.24) is 5.32 Å². The number of amides is 1. The largest absolute Gasteiger partial charge is 0.464 e. The number of carbonyl (C=O) groups is 1. The van der Waals surface area contributed by atoms with Gasteiger partial charge in [-0.25, -0.2) is 0 Å². The summed E-state index contributed by atoms with van der Waals surface area (Å²) < 4.78 is 5.31. The number of benzene rings is 2. The minimum absolute atomic E-state index is 0.116. The Morgan fingerprint density at radius 1 is 1.09 bits per heavy atom. The number of carbonyl (C=O) groups excluding carboxylic acids is 1. The minimum atomic E-state index is -0.129. The Kier molecular flexibility index (Phi) is 4.21. The fourth-order valence-electron chi connectivity index (χ4n) is 2.50. The van der Waals surface area contributed by atoms with E-state index in [9.17, 15) is 4.79 Å². The highest BCUT2D eigenvalue weighted by Gasteiger charge is 2.12. The fraction of sp³-hybridized carbons (Fsp3) is 0.167. The molecule has 0 spiro atoms. The highest BCUT2D eigenvalue weighted by molar-refractivity contribution is 6.05. The van der Waals surface area contributed by atoms with Crippen LogP contribution >= 0.6 is 0 Å². The van der Waals surface area contributed by atoms with Crippen LogP contribution in [0.2, 0.25) is 0 Å². The van der Waals surface area contributed by atoms with Crippen molar-refractivity contribution < 1.29 is 9.21 Å². The number of hydrogen-bond donors (Lipinski definition) is 2. The third-order valence-corrected chi connectivity index (χ3v) is 3.61. The van der Waals surface area contributed by atoms with E-state index in [1.165, 1.54) is 5.56 Å². The second kappa shape index (κ2) is 6.45. The van der Waals surface area contributed by atoms with Gasteiger partial charge in [0.2, 0.25) is 0 Å². The Hall–Kier alpha value is -2.59. The molecule has 0 saturated carbocycles. The average molecular weight is 294 g/mol. The summed E-state index contributed by atoms with van der Waals surface area (Å²) in [5, 5.41) is 3.71. The van der Waals surface area contributed by atoms with Gasteiger partial charge in [-0.05, 0) is 30.2 Å². The molecule has 112 valence electrons. The van der Waals surface area contributed by atoms with Crippen LogP contribution in [0.3, 0.4) is 0 Å². The summed E-state index contributed by atoms with van der Waals surface area (Å²) in [7, 11) is 0. The number of nitrogens with one attached hydrogen (secondary N) is 1. The molecule has 0 fully saturated rings. The molecule has 3 N–H and O–H groups in total. The van der Waals surface area contributed by atoms with Gasteiger partial charge >= 0.3 is 0 Å². The zero-order chi connectivity index (χ0) is 15.4. The summed E-state index contributed by atoms with van der Waals surface area (Å²) in [4.78, 5) is 12.3. The average Bonchev–Trinajstić information content (AvgIpc) is 3.02. The Bertz CT molecular complexity index is 765. The monoisotopic (exact) mass is 294 g/mol. The van der Waals surface area contributed by atoms with Crippen molar-refractivity contribution in [2.75, 3.05) is 6.54 Å². The maximum absolute atomic E-state index is 12.3. The van der Waals surface area contributed by atoms with E-state index >= 15 is 0 Å². The Morgan fingerprint density at radius 2 is 1.91 bits per heavy atom. The van der Waals surface area contributed by atoms with Crippen molar-refractivity contribution in [3.8, 4) is 0 Å². The van der Waals surface area contributed by atoms with Crippen LogP contribution < -0.4 is 11.1 Å². The molecule has 0 aliphatic rings. The topological polar surface area (TPSA) is 68.3 Å². The first-order valence-electron chi connectivity index (χ1n) is 7.28. The molecule has 1 amide bonds. The summed E-state index contributed by atoms with van der Waals surface area (Å²) in [6.07, 6.45) is 2.32. The molecule has 2 aromatic carbocycles. The van der Waals surface area contributed by atoms with Gasteiger partial charge in [0.1, 0.15) is 5.58 Å². The molecule has 1 heterocycles. The number of fused-ring (bicyclic) bond motifs is 1. The van der Waals surface area contributed by atoms with Crippen LogP contribution in [0.4, 0.5) is 0 Å². The summed E-state index contributed by atoms with van der Waals surface area (Å²) in [5.41, 5.74) is 8.58. The van der Waals surface area contributed by atoms with Gasteiger partial charge in [-0.1, -0.05) is 36.4 Å². The lowest BCUT2D eigenvalue weighted by Crippen LogP contribution is -2.38. The van der Waals surface area contributed by atoms with Gasteiger partial charge < -0.3 is 15.5 Å². The molecule has 0 radical (unpaired) electrons. The molecule has 0 saturated heterocycles. The predicted molar refractivity (Wildman–Crippen MR) is 86.7 cm³/mol. The van der Waals surface area contributed by atoms with Gasteiger partial charge in [-0.2, -0.15) is 0 Å². The van der Waals surface area contributed by atoms with Gasteiger partial charge in [0.25, 0.3) is 5.91 Å². The molecule has 0 aliphatic heterocycles. The zero-order valence-corrected chi connectivity index (χ0v) is 12.2. The first-order chi connectivity index (χ1) is 10.7. The predicted octanol–water partition coefficient (Wildman–Crippen LogP) is 2.73. The van der Waals surface area contributed by atoms with Gasteiger partial charge in [0.05, 0.1) is 11.8 Å². The minimum Gasteiger partial charge on any atom is -0.464 e. The number of hydrogen-bond acceptors (Lipinski definition) is 3. The second-order valence-electron chi connectivity index (χ2n) is 5.30. The summed E-state index contributed by atoms with van der Waals surface area (Å²) in [6, 6.07) is 17.1. The van der Waals surface area contributed by atoms with E-state index < -0.39 is 0 Å². The van der Waals surface area contributed by atoms with Crippen LogP contribution in [0.1, 0.15) is 15.9 Å². The van der Waals surface area contributed by atoms with Crippen molar-refractivity contribution in [1.29, 1.82) is 0 Å². The van der Waals surface area contributed by atoms with Crippen LogP contribution in [-0.2, 0) is 6.42 Å². The molecule has 1 unspecified atom stereocenters. The Balaban J connectivity index is 1.61. The van der Waals surface area contributed by atoms with Crippen LogP contribution in [0, 0.1) is 0 Å². The molecular weight excluding hydrogens is 276 g/mol. The lowest BCUT2D eigenvalue weighted by Gasteiger charge is -2.13. The van der Waals surface area contributed by atoms with E-state index in [1.54, 1.807) is 18.4 Å². The van der Waals surface area contributed by atoms with Gasteiger partial charge in [-0.3, -0.25) is 4.79 Å². The van der Waals surface area contributed by atoms with Crippen molar-refractivity contribution in [2.45, 2.75) is 12.5 Å². The molecule has 4 heteroatoms. The Labute approximate surface area is 128 Å². The van der Waals surface area contributed by atoms with Crippen molar-refractivity contribution in [3.63, 3.8) is 0 Å². The van der Waals surface area contributed by atoms with E-state index in [4.69, 9.17) is 10.2 Å². The Morgan fingerprint density at radius 3 is 2.73 bits per heavy atom. The third kappa shape index (κ3) is 3.18. The number of furan rings is 1. The highest BCUT2D eigenvalue weighted by atomic mass is 16.3. The molecule has 0 bridgehead atoms. The smallest absolute Gasteiger partial charge is 0.252 e. The molecular formula is C18H18N2O2. The van der Waals surface area contributed by atoms with E-state index in [0.717, 1.165) is 11.8 Å². The molecule has 3 rings (SSSR count). The molecule has 0 aliphatic carbocycles. The van der Waals surface area contributed by atoms with E-state index in [0.29, 0.717) is 17.7 Å². The summed E-state index contributed by atoms with van der Waals surface area (Å²) >= 11 is 0. The van der Waals surface area contributed by atoms with Gasteiger partial charge in [-0.15, -0.1) is 0 Å². The number of nitrogens with two attached hydrogens (primary N) is 1. The van der Waals surface area contributed by atoms with E-state index in [-0.39, 0.29) is 11.9 Å². The molecule has 4 nitrogen and oxygen atoms in total. The normalized spacial score (nSPS) is 12.2. The summed E-state index contributed by atoms with van der Waals surface area (Å²) in [6.45, 7) is 0.433. The first-order valence-corrected chi connectivity index (χ1v) is 7.28. The maximum atomic E-state index is 12.3. The van der Waals surface area contributed by atoms with Gasteiger partial charge in [0, 0.05) is 18.0 Å². The van der Waals surface area contributed by atoms with Crippen LogP contribution in [0.25, 0.3) is 11.0 Å². The quantitative estimate of drug-likeness (QED) is 0.760. The highest BCUT2D eigenvalue weighted by Crippen LogP contribution is 2.19. The number of rotatable bonds is 5. The van der Waals surface area contributed by atoms with Gasteiger partial charge in [0.15, 0.2) is 0 Å². The third-order valence-electron chi connectivity index (χ3n) is 3.61. The molecule has 22 heavy (non-hydrogen) atoms. The zero-order valence-electron chi connectivity index (χ0n) is 12.2. The van der Waals surface area contributed by atoms with E-state index in [2.05, 4.69) is 5.32 Å². The molecule has 1 aromatic heterocycles.